The molecule has 2 unspecified atom stereocenters. The summed E-state index contributed by atoms with van der Waals surface area (Å²) in [5.41, 5.74) is 2.14. The molecule has 0 aliphatic heterocycles. The van der Waals surface area contributed by atoms with Crippen molar-refractivity contribution in [2.24, 2.45) is 11.1 Å². The normalized spacial score (nSPS) is 32.4. The highest BCUT2D eigenvalue weighted by molar-refractivity contribution is 5.39. The molecule has 1 aliphatic carbocycles. The van der Waals surface area contributed by atoms with Gasteiger partial charge in [-0.2, -0.15) is 4.91 Å². The molecule has 1 rings (SSSR count). The Morgan fingerprint density at radius 3 is 2.75 bits per heavy atom. The van der Waals surface area contributed by atoms with E-state index < -0.39 is 0 Å². The molecule has 0 bridgehead atoms. The van der Waals surface area contributed by atoms with E-state index >= 15 is 0 Å². The largest absolute Gasteiger partial charge is 0.150 e. The molecule has 1 aliphatic rings. The molecule has 64 valence electrons. The maximum absolute atomic E-state index is 10.4. The Labute approximate surface area is 72.6 Å². The predicted molar refractivity (Wildman–Crippen MR) is 50.8 cm³/mol. The summed E-state index contributed by atoms with van der Waals surface area (Å²) >= 11 is 0. The monoisotopic (exact) mass is 163 g/mol. The highest BCUT2D eigenvalue weighted by atomic mass is 16.3. The first-order valence-electron chi connectivity index (χ1n) is 4.04. The Hall–Kier alpha value is -1.18. The zero-order valence-corrected chi connectivity index (χ0v) is 7.29. The van der Waals surface area contributed by atoms with Crippen LogP contribution in [0.1, 0.15) is 13.3 Å². The molecule has 0 spiro atoms. The Bertz CT molecular complexity index is 253. The third kappa shape index (κ3) is 1.37. The molecule has 0 aromatic carbocycles. The molecular formula is C10H13NO. The molecule has 2 atom stereocenters. The van der Waals surface area contributed by atoms with Crippen LogP contribution in [0.25, 0.3) is 0 Å². The molecule has 2 heteroatoms. The third-order valence-corrected chi connectivity index (χ3v) is 2.36. The minimum Gasteiger partial charge on any atom is -0.150 e. The third-order valence-electron chi connectivity index (χ3n) is 2.36. The minimum absolute atomic E-state index is 0.122. The summed E-state index contributed by atoms with van der Waals surface area (Å²) in [7, 11) is 0. The molecule has 1 saturated carbocycles. The summed E-state index contributed by atoms with van der Waals surface area (Å²) in [4.78, 5) is 10.4. The van der Waals surface area contributed by atoms with Gasteiger partial charge >= 0.3 is 0 Å². The van der Waals surface area contributed by atoms with E-state index in [1.54, 1.807) is 6.08 Å². The van der Waals surface area contributed by atoms with Crippen LogP contribution in [-0.2, 0) is 0 Å². The summed E-state index contributed by atoms with van der Waals surface area (Å²) in [6.07, 6.45) is 4.34. The SMILES string of the molecule is C=C/C=C1\C(=C)CC(N=O)C1C. The quantitative estimate of drug-likeness (QED) is 0.575. The maximum atomic E-state index is 10.4. The molecule has 0 amide bonds. The van der Waals surface area contributed by atoms with E-state index in [-0.39, 0.29) is 12.0 Å². The van der Waals surface area contributed by atoms with Gasteiger partial charge in [0.1, 0.15) is 6.04 Å². The molecule has 12 heavy (non-hydrogen) atoms. The van der Waals surface area contributed by atoms with Crippen LogP contribution in [0.15, 0.2) is 41.6 Å². The van der Waals surface area contributed by atoms with Gasteiger partial charge in [0, 0.05) is 5.92 Å². The van der Waals surface area contributed by atoms with E-state index in [0.717, 1.165) is 11.1 Å². The molecule has 1 fully saturated rings. The van der Waals surface area contributed by atoms with Crippen LogP contribution < -0.4 is 0 Å². The van der Waals surface area contributed by atoms with E-state index in [2.05, 4.69) is 18.3 Å². The van der Waals surface area contributed by atoms with Crippen molar-refractivity contribution in [3.05, 3.63) is 41.4 Å². The fraction of sp³-hybridized carbons (Fsp3) is 0.400. The van der Waals surface area contributed by atoms with Gasteiger partial charge in [0.2, 0.25) is 0 Å². The molecule has 0 radical (unpaired) electrons. The minimum atomic E-state index is -0.122. The van der Waals surface area contributed by atoms with Crippen molar-refractivity contribution < 1.29 is 0 Å². The van der Waals surface area contributed by atoms with Crippen LogP contribution in [0.4, 0.5) is 0 Å². The van der Waals surface area contributed by atoms with E-state index in [9.17, 15) is 4.91 Å². The molecule has 0 N–H and O–H groups in total. The average Bonchev–Trinajstić information content (AvgIpc) is 2.32. The Morgan fingerprint density at radius 2 is 2.33 bits per heavy atom. The fourth-order valence-electron chi connectivity index (χ4n) is 1.60. The molecule has 0 saturated heterocycles. The van der Waals surface area contributed by atoms with Crippen molar-refractivity contribution in [1.29, 1.82) is 0 Å². The van der Waals surface area contributed by atoms with E-state index in [4.69, 9.17) is 0 Å². The van der Waals surface area contributed by atoms with Gasteiger partial charge in [0.05, 0.1) is 0 Å². The summed E-state index contributed by atoms with van der Waals surface area (Å²) in [5.74, 6) is 0.202. The van der Waals surface area contributed by atoms with Gasteiger partial charge in [-0.1, -0.05) is 37.4 Å². The number of hydrogen-bond acceptors (Lipinski definition) is 2. The first-order chi connectivity index (χ1) is 5.70. The van der Waals surface area contributed by atoms with Gasteiger partial charge in [-0.15, -0.1) is 0 Å². The second-order valence-corrected chi connectivity index (χ2v) is 3.13. The Balaban J connectivity index is 2.91. The van der Waals surface area contributed by atoms with Crippen LogP contribution in [0, 0.1) is 10.8 Å². The highest BCUT2D eigenvalue weighted by Gasteiger charge is 2.30. The van der Waals surface area contributed by atoms with Crippen molar-refractivity contribution >= 4 is 0 Å². The van der Waals surface area contributed by atoms with Crippen molar-refractivity contribution in [1.82, 2.24) is 0 Å². The lowest BCUT2D eigenvalue weighted by molar-refractivity contribution is 0.577. The van der Waals surface area contributed by atoms with Crippen LogP contribution in [0.5, 0.6) is 0 Å². The average molecular weight is 163 g/mol. The lowest BCUT2D eigenvalue weighted by atomic mass is 10.0. The molecule has 0 aromatic heterocycles. The fourth-order valence-corrected chi connectivity index (χ4v) is 1.60. The zero-order chi connectivity index (χ0) is 9.14. The number of nitrogens with zero attached hydrogens (tertiary/aromatic N) is 1. The van der Waals surface area contributed by atoms with Crippen LogP contribution in [-0.4, -0.2) is 6.04 Å². The van der Waals surface area contributed by atoms with Gasteiger partial charge < -0.3 is 0 Å². The van der Waals surface area contributed by atoms with Gasteiger partial charge in [0.25, 0.3) is 0 Å². The number of allylic oxidation sites excluding steroid dienone is 2. The highest BCUT2D eigenvalue weighted by Crippen LogP contribution is 2.36. The molecule has 0 aromatic rings. The first kappa shape index (κ1) is 8.91. The van der Waals surface area contributed by atoms with Crippen molar-refractivity contribution in [3.63, 3.8) is 0 Å². The van der Waals surface area contributed by atoms with Crippen molar-refractivity contribution in [3.8, 4) is 0 Å². The van der Waals surface area contributed by atoms with E-state index in [0.29, 0.717) is 6.42 Å². The number of hydrogen-bond donors (Lipinski definition) is 0. The Morgan fingerprint density at radius 1 is 1.67 bits per heavy atom. The van der Waals surface area contributed by atoms with Crippen molar-refractivity contribution in [2.75, 3.05) is 0 Å². The summed E-state index contributed by atoms with van der Waals surface area (Å²) in [6, 6.07) is -0.122. The standard InChI is InChI=1S/C10H13NO/c1-4-5-9-7(2)6-10(11-12)8(9)3/h4-5,8,10H,1-2,6H2,3H3/b9-5+. The second-order valence-electron chi connectivity index (χ2n) is 3.13. The van der Waals surface area contributed by atoms with Gasteiger partial charge in [0.15, 0.2) is 0 Å². The van der Waals surface area contributed by atoms with Gasteiger partial charge in [-0.25, -0.2) is 0 Å². The summed E-state index contributed by atoms with van der Waals surface area (Å²) < 4.78 is 0. The first-order valence-corrected chi connectivity index (χ1v) is 4.04. The van der Waals surface area contributed by atoms with Gasteiger partial charge in [-0.05, 0) is 17.6 Å². The molecule has 2 nitrogen and oxygen atoms in total. The maximum Gasteiger partial charge on any atom is 0.102 e. The molecule has 0 heterocycles. The van der Waals surface area contributed by atoms with Crippen molar-refractivity contribution in [2.45, 2.75) is 19.4 Å². The smallest absolute Gasteiger partial charge is 0.102 e. The lowest BCUT2D eigenvalue weighted by Gasteiger charge is -2.06. The topological polar surface area (TPSA) is 29.4 Å². The predicted octanol–water partition coefficient (Wildman–Crippen LogP) is 2.83. The van der Waals surface area contributed by atoms with Crippen LogP contribution >= 0.6 is 0 Å². The van der Waals surface area contributed by atoms with E-state index in [1.165, 1.54) is 0 Å². The lowest BCUT2D eigenvalue weighted by Crippen LogP contribution is -2.07. The number of nitroso groups, excluding NO2 is 1. The van der Waals surface area contributed by atoms with Crippen LogP contribution in [0.2, 0.25) is 0 Å². The van der Waals surface area contributed by atoms with Crippen LogP contribution in [0.3, 0.4) is 0 Å². The zero-order valence-electron chi connectivity index (χ0n) is 7.29. The second kappa shape index (κ2) is 3.48. The number of rotatable bonds is 2. The van der Waals surface area contributed by atoms with Gasteiger partial charge in [-0.3, -0.25) is 0 Å². The summed E-state index contributed by atoms with van der Waals surface area (Å²) in [6.45, 7) is 9.51. The Kier molecular flexibility index (Phi) is 2.58. The molecular weight excluding hydrogens is 150 g/mol. The van der Waals surface area contributed by atoms with E-state index in [1.807, 2.05) is 13.0 Å². The summed E-state index contributed by atoms with van der Waals surface area (Å²) in [5, 5.41) is 3.07.